The van der Waals surface area contributed by atoms with Crippen LogP contribution in [0.1, 0.15) is 12.0 Å². The second-order valence-corrected chi connectivity index (χ2v) is 8.07. The Morgan fingerprint density at radius 2 is 2.38 bits per heavy atom. The van der Waals surface area contributed by atoms with Gasteiger partial charge in [-0.2, -0.15) is 0 Å². The van der Waals surface area contributed by atoms with E-state index in [0.29, 0.717) is 13.2 Å². The number of thiazole rings is 1. The lowest BCUT2D eigenvalue weighted by Gasteiger charge is -2.36. The van der Waals surface area contributed by atoms with Crippen LogP contribution in [0.25, 0.3) is 10.2 Å². The van der Waals surface area contributed by atoms with Crippen molar-refractivity contribution in [3.8, 4) is 5.75 Å². The SMILES string of the molecule is COCCN1CC[C@H]2NC(=O)N(c3nc4c5c(ccc4s3)OCC5)[C@H]2C1. The van der Waals surface area contributed by atoms with Crippen molar-refractivity contribution in [1.29, 1.82) is 0 Å². The molecule has 3 aliphatic heterocycles. The standard InChI is InChI=1S/C18H22N4O3S/c1-24-9-7-21-6-4-12-13(10-21)22(17(23)19-12)18-20-16-11-5-8-25-14(11)2-3-15(16)26-18/h2-3,12-13H,4-10H2,1H3,(H,19,23)/t12-,13+/m1/s1. The van der Waals surface area contributed by atoms with Gasteiger partial charge in [0.2, 0.25) is 0 Å². The van der Waals surface area contributed by atoms with Gasteiger partial charge in [0, 0.05) is 38.7 Å². The molecule has 0 aliphatic carbocycles. The zero-order valence-corrected chi connectivity index (χ0v) is 15.6. The van der Waals surface area contributed by atoms with Crippen molar-refractivity contribution < 1.29 is 14.3 Å². The Kier molecular flexibility index (Phi) is 3.99. The molecule has 2 amide bonds. The van der Waals surface area contributed by atoms with Crippen LogP contribution in [0.2, 0.25) is 0 Å². The first kappa shape index (κ1) is 16.3. The Labute approximate surface area is 155 Å². The van der Waals surface area contributed by atoms with E-state index in [1.54, 1.807) is 18.4 Å². The van der Waals surface area contributed by atoms with Crippen LogP contribution >= 0.6 is 11.3 Å². The molecule has 1 N–H and O–H groups in total. The number of nitrogens with one attached hydrogen (secondary N) is 1. The summed E-state index contributed by atoms with van der Waals surface area (Å²) >= 11 is 1.59. The summed E-state index contributed by atoms with van der Waals surface area (Å²) < 4.78 is 12.0. The van der Waals surface area contributed by atoms with E-state index in [2.05, 4.69) is 16.3 Å². The lowest BCUT2D eigenvalue weighted by molar-refractivity contribution is 0.124. The van der Waals surface area contributed by atoms with Crippen LogP contribution in [0.3, 0.4) is 0 Å². The van der Waals surface area contributed by atoms with Crippen molar-refractivity contribution in [2.24, 2.45) is 0 Å². The number of fused-ring (bicyclic) bond motifs is 4. The first-order chi connectivity index (χ1) is 12.7. The number of piperidine rings is 1. The predicted octanol–water partition coefficient (Wildman–Crippen LogP) is 1.85. The van der Waals surface area contributed by atoms with Gasteiger partial charge < -0.3 is 14.8 Å². The first-order valence-electron chi connectivity index (χ1n) is 9.11. The van der Waals surface area contributed by atoms with Crippen LogP contribution in [-0.4, -0.2) is 68.0 Å². The van der Waals surface area contributed by atoms with Crippen molar-refractivity contribution in [1.82, 2.24) is 15.2 Å². The van der Waals surface area contributed by atoms with E-state index in [4.69, 9.17) is 14.5 Å². The van der Waals surface area contributed by atoms with E-state index in [1.807, 2.05) is 11.0 Å². The highest BCUT2D eigenvalue weighted by atomic mass is 32.1. The smallest absolute Gasteiger partial charge is 0.324 e. The largest absolute Gasteiger partial charge is 0.493 e. The van der Waals surface area contributed by atoms with E-state index >= 15 is 0 Å². The highest BCUT2D eigenvalue weighted by Gasteiger charge is 2.44. The van der Waals surface area contributed by atoms with Gasteiger partial charge in [-0.15, -0.1) is 0 Å². The first-order valence-corrected chi connectivity index (χ1v) is 9.92. The fourth-order valence-electron chi connectivity index (χ4n) is 4.22. The molecule has 8 heteroatoms. The monoisotopic (exact) mass is 374 g/mol. The number of benzene rings is 1. The number of ether oxygens (including phenoxy) is 2. The molecule has 26 heavy (non-hydrogen) atoms. The number of rotatable bonds is 4. The highest BCUT2D eigenvalue weighted by molar-refractivity contribution is 7.22. The molecular formula is C18H22N4O3S. The Balaban J connectivity index is 1.46. The maximum absolute atomic E-state index is 12.7. The van der Waals surface area contributed by atoms with Crippen molar-refractivity contribution in [2.45, 2.75) is 24.9 Å². The van der Waals surface area contributed by atoms with E-state index in [9.17, 15) is 4.79 Å². The minimum Gasteiger partial charge on any atom is -0.493 e. The highest BCUT2D eigenvalue weighted by Crippen LogP contribution is 2.39. The Bertz CT molecular complexity index is 854. The number of carbonyl (C=O) groups excluding carboxylic acids is 1. The van der Waals surface area contributed by atoms with Crippen LogP contribution in [-0.2, 0) is 11.2 Å². The average Bonchev–Trinajstić information content (AvgIpc) is 3.33. The molecule has 1 aromatic carbocycles. The number of urea groups is 1. The lowest BCUT2D eigenvalue weighted by atomic mass is 10.0. The van der Waals surface area contributed by atoms with Crippen molar-refractivity contribution in [2.75, 3.05) is 44.9 Å². The summed E-state index contributed by atoms with van der Waals surface area (Å²) in [7, 11) is 1.73. The van der Waals surface area contributed by atoms with Crippen molar-refractivity contribution in [3.05, 3.63) is 17.7 Å². The topological polar surface area (TPSA) is 66.9 Å². The van der Waals surface area contributed by atoms with Gasteiger partial charge in [0.25, 0.3) is 0 Å². The van der Waals surface area contributed by atoms with Gasteiger partial charge in [-0.25, -0.2) is 9.78 Å². The minimum absolute atomic E-state index is 0.0273. The molecule has 2 fully saturated rings. The lowest BCUT2D eigenvalue weighted by Crippen LogP contribution is -2.52. The molecule has 2 atom stereocenters. The van der Waals surface area contributed by atoms with Crippen LogP contribution in [0.4, 0.5) is 9.93 Å². The molecule has 0 spiro atoms. The zero-order chi connectivity index (χ0) is 17.7. The van der Waals surface area contributed by atoms with Crippen LogP contribution < -0.4 is 15.0 Å². The number of nitrogens with zero attached hydrogens (tertiary/aromatic N) is 3. The predicted molar refractivity (Wildman–Crippen MR) is 100 cm³/mol. The van der Waals surface area contributed by atoms with Gasteiger partial charge in [-0.3, -0.25) is 9.80 Å². The molecule has 2 aromatic rings. The van der Waals surface area contributed by atoms with E-state index in [0.717, 1.165) is 53.6 Å². The van der Waals surface area contributed by atoms with Gasteiger partial charge in [-0.1, -0.05) is 11.3 Å². The Morgan fingerprint density at radius 1 is 1.46 bits per heavy atom. The van der Waals surface area contributed by atoms with E-state index in [1.165, 1.54) is 5.56 Å². The molecule has 0 saturated carbocycles. The number of methoxy groups -OCH3 is 1. The summed E-state index contributed by atoms with van der Waals surface area (Å²) in [6.07, 6.45) is 1.85. The summed E-state index contributed by atoms with van der Waals surface area (Å²) in [5.74, 6) is 0.932. The zero-order valence-electron chi connectivity index (χ0n) is 14.7. The third-order valence-corrected chi connectivity index (χ3v) is 6.58. The van der Waals surface area contributed by atoms with Crippen LogP contribution in [0.15, 0.2) is 12.1 Å². The normalized spacial score (nSPS) is 25.3. The molecule has 1 aromatic heterocycles. The second kappa shape index (κ2) is 6.37. The number of anilines is 1. The van der Waals surface area contributed by atoms with Crippen LogP contribution in [0, 0.1) is 0 Å². The molecule has 2 saturated heterocycles. The number of amides is 2. The third kappa shape index (κ3) is 2.55. The summed E-state index contributed by atoms with van der Waals surface area (Å²) in [6, 6.07) is 4.37. The Morgan fingerprint density at radius 3 is 3.27 bits per heavy atom. The third-order valence-electron chi connectivity index (χ3n) is 5.56. The molecule has 138 valence electrons. The van der Waals surface area contributed by atoms with Gasteiger partial charge >= 0.3 is 6.03 Å². The van der Waals surface area contributed by atoms with Gasteiger partial charge in [0.15, 0.2) is 5.13 Å². The second-order valence-electron chi connectivity index (χ2n) is 7.06. The van der Waals surface area contributed by atoms with Gasteiger partial charge in [0.1, 0.15) is 5.75 Å². The fraction of sp³-hybridized carbons (Fsp3) is 0.556. The maximum Gasteiger partial charge on any atom is 0.324 e. The Hall–Kier alpha value is -1.90. The number of carbonyl (C=O) groups is 1. The molecule has 7 nitrogen and oxygen atoms in total. The minimum atomic E-state index is -0.0273. The number of hydrogen-bond donors (Lipinski definition) is 1. The number of hydrogen-bond acceptors (Lipinski definition) is 6. The van der Waals surface area contributed by atoms with Gasteiger partial charge in [0.05, 0.1) is 35.5 Å². The maximum atomic E-state index is 12.7. The molecular weight excluding hydrogens is 352 g/mol. The summed E-state index contributed by atoms with van der Waals surface area (Å²) in [5, 5.41) is 3.94. The molecule has 4 heterocycles. The summed E-state index contributed by atoms with van der Waals surface area (Å²) in [6.45, 7) is 4.16. The summed E-state index contributed by atoms with van der Waals surface area (Å²) in [4.78, 5) is 21.8. The van der Waals surface area contributed by atoms with Crippen molar-refractivity contribution in [3.63, 3.8) is 0 Å². The number of likely N-dealkylation sites (tertiary alicyclic amines) is 1. The van der Waals surface area contributed by atoms with Crippen molar-refractivity contribution >= 4 is 32.7 Å². The van der Waals surface area contributed by atoms with Crippen LogP contribution in [0.5, 0.6) is 5.75 Å². The van der Waals surface area contributed by atoms with Gasteiger partial charge in [-0.05, 0) is 18.6 Å². The number of aromatic nitrogens is 1. The molecule has 3 aliphatic rings. The fourth-order valence-corrected chi connectivity index (χ4v) is 5.27. The van der Waals surface area contributed by atoms with E-state index in [-0.39, 0.29) is 18.1 Å². The quantitative estimate of drug-likeness (QED) is 0.885. The average molecular weight is 374 g/mol. The summed E-state index contributed by atoms with van der Waals surface area (Å²) in [5.41, 5.74) is 2.16. The molecule has 0 radical (unpaired) electrons. The molecule has 5 rings (SSSR count). The molecule has 0 unspecified atom stereocenters. The van der Waals surface area contributed by atoms with E-state index < -0.39 is 0 Å². The molecule has 0 bridgehead atoms.